The van der Waals surface area contributed by atoms with Gasteiger partial charge in [-0.15, -0.1) is 11.3 Å². The van der Waals surface area contributed by atoms with Crippen molar-refractivity contribution in [3.05, 3.63) is 16.1 Å². The Morgan fingerprint density at radius 1 is 1.62 bits per heavy atom. The Bertz CT molecular complexity index is 352. The molecule has 0 aromatic carbocycles. The molecular weight excluding hydrogens is 224 g/mol. The van der Waals surface area contributed by atoms with Gasteiger partial charge in [0.15, 0.2) is 5.79 Å². The van der Waals surface area contributed by atoms with Gasteiger partial charge in [-0.1, -0.05) is 0 Å². The molecule has 1 saturated heterocycles. The first-order valence-electron chi connectivity index (χ1n) is 5.49. The van der Waals surface area contributed by atoms with Crippen LogP contribution in [0.1, 0.15) is 23.7 Å². The van der Waals surface area contributed by atoms with Gasteiger partial charge in [-0.05, 0) is 20.8 Å². The fourth-order valence-electron chi connectivity index (χ4n) is 1.71. The monoisotopic (exact) mass is 242 g/mol. The van der Waals surface area contributed by atoms with Crippen LogP contribution in [-0.4, -0.2) is 30.0 Å². The molecule has 0 spiro atoms. The summed E-state index contributed by atoms with van der Waals surface area (Å²) in [7, 11) is 0. The molecule has 1 fully saturated rings. The van der Waals surface area contributed by atoms with Crippen LogP contribution in [-0.2, 0) is 16.0 Å². The maximum atomic E-state index is 5.69. The standard InChI is InChI=1S/C11H18N2O2S/c1-8-13-6-10(16-8)5-12-4-9-7-14-11(2,3)15-9/h6,9,12H,4-5,7H2,1-3H3. The third-order valence-corrected chi connectivity index (χ3v) is 3.32. The maximum absolute atomic E-state index is 5.69. The number of nitrogens with one attached hydrogen (secondary N) is 1. The highest BCUT2D eigenvalue weighted by molar-refractivity contribution is 7.11. The first kappa shape index (κ1) is 12.0. The fourth-order valence-corrected chi connectivity index (χ4v) is 2.47. The lowest BCUT2D eigenvalue weighted by Gasteiger charge is -2.17. The second-order valence-electron chi connectivity index (χ2n) is 4.43. The predicted octanol–water partition coefficient (Wildman–Crippen LogP) is 1.69. The van der Waals surface area contributed by atoms with Crippen molar-refractivity contribution in [3.8, 4) is 0 Å². The largest absolute Gasteiger partial charge is 0.348 e. The van der Waals surface area contributed by atoms with Crippen LogP contribution in [0.2, 0.25) is 0 Å². The zero-order chi connectivity index (χ0) is 11.6. The van der Waals surface area contributed by atoms with Crippen LogP contribution in [0.15, 0.2) is 6.20 Å². The quantitative estimate of drug-likeness (QED) is 0.872. The molecule has 0 amide bonds. The van der Waals surface area contributed by atoms with Gasteiger partial charge < -0.3 is 14.8 Å². The van der Waals surface area contributed by atoms with Gasteiger partial charge in [0.1, 0.15) is 0 Å². The summed E-state index contributed by atoms with van der Waals surface area (Å²) in [5, 5.41) is 4.47. The van der Waals surface area contributed by atoms with E-state index in [0.717, 1.165) is 18.1 Å². The van der Waals surface area contributed by atoms with Crippen LogP contribution in [0.4, 0.5) is 0 Å². The van der Waals surface area contributed by atoms with Crippen molar-refractivity contribution in [2.24, 2.45) is 0 Å². The first-order chi connectivity index (χ1) is 7.55. The number of ether oxygens (including phenoxy) is 2. The Hall–Kier alpha value is -0.490. The van der Waals surface area contributed by atoms with Gasteiger partial charge in [-0.25, -0.2) is 4.98 Å². The summed E-state index contributed by atoms with van der Waals surface area (Å²) in [6.45, 7) is 8.25. The van der Waals surface area contributed by atoms with Gasteiger partial charge in [0.2, 0.25) is 0 Å². The van der Waals surface area contributed by atoms with Crippen molar-refractivity contribution in [3.63, 3.8) is 0 Å². The molecule has 1 unspecified atom stereocenters. The summed E-state index contributed by atoms with van der Waals surface area (Å²) in [5.74, 6) is -0.423. The average Bonchev–Trinajstić information content (AvgIpc) is 2.73. The van der Waals surface area contributed by atoms with Gasteiger partial charge in [0.25, 0.3) is 0 Å². The van der Waals surface area contributed by atoms with Gasteiger partial charge >= 0.3 is 0 Å². The molecule has 0 bridgehead atoms. The van der Waals surface area contributed by atoms with Crippen molar-refractivity contribution in [2.75, 3.05) is 13.2 Å². The molecule has 1 aromatic rings. The lowest BCUT2D eigenvalue weighted by molar-refractivity contribution is -0.137. The summed E-state index contributed by atoms with van der Waals surface area (Å²) < 4.78 is 11.2. The molecule has 1 N–H and O–H groups in total. The van der Waals surface area contributed by atoms with Crippen LogP contribution in [0.3, 0.4) is 0 Å². The topological polar surface area (TPSA) is 43.4 Å². The Morgan fingerprint density at radius 3 is 3.00 bits per heavy atom. The minimum atomic E-state index is -0.423. The molecule has 1 atom stereocenters. The summed E-state index contributed by atoms with van der Waals surface area (Å²) in [6, 6.07) is 0. The summed E-state index contributed by atoms with van der Waals surface area (Å²) >= 11 is 1.72. The van der Waals surface area contributed by atoms with Crippen LogP contribution in [0, 0.1) is 6.92 Å². The SMILES string of the molecule is Cc1ncc(CNCC2COC(C)(C)O2)s1. The summed E-state index contributed by atoms with van der Waals surface area (Å²) in [6.07, 6.45) is 2.08. The lowest BCUT2D eigenvalue weighted by atomic mass is 10.3. The van der Waals surface area contributed by atoms with Crippen LogP contribution in [0.25, 0.3) is 0 Å². The van der Waals surface area contributed by atoms with E-state index in [2.05, 4.69) is 10.3 Å². The van der Waals surface area contributed by atoms with Gasteiger partial charge in [-0.3, -0.25) is 0 Å². The van der Waals surface area contributed by atoms with Gasteiger partial charge in [0.05, 0.1) is 17.7 Å². The van der Waals surface area contributed by atoms with Gasteiger partial charge in [0, 0.05) is 24.2 Å². The Balaban J connectivity index is 1.69. The summed E-state index contributed by atoms with van der Waals surface area (Å²) in [5.41, 5.74) is 0. The number of hydrogen-bond acceptors (Lipinski definition) is 5. The minimum absolute atomic E-state index is 0.156. The number of aryl methyl sites for hydroxylation is 1. The van der Waals surface area contributed by atoms with Crippen molar-refractivity contribution >= 4 is 11.3 Å². The number of hydrogen-bond donors (Lipinski definition) is 1. The minimum Gasteiger partial charge on any atom is -0.348 e. The molecule has 90 valence electrons. The third-order valence-electron chi connectivity index (χ3n) is 2.41. The van der Waals surface area contributed by atoms with Crippen molar-refractivity contribution in [1.29, 1.82) is 0 Å². The highest BCUT2D eigenvalue weighted by Gasteiger charge is 2.32. The molecule has 0 aliphatic carbocycles. The molecule has 16 heavy (non-hydrogen) atoms. The van der Waals surface area contributed by atoms with E-state index < -0.39 is 5.79 Å². The van der Waals surface area contributed by atoms with E-state index in [1.807, 2.05) is 27.0 Å². The first-order valence-corrected chi connectivity index (χ1v) is 6.31. The molecule has 2 rings (SSSR count). The predicted molar refractivity (Wildman–Crippen MR) is 63.5 cm³/mol. The molecular formula is C11H18N2O2S. The van der Waals surface area contributed by atoms with E-state index in [0.29, 0.717) is 6.61 Å². The number of thiazole rings is 1. The Kier molecular flexibility index (Phi) is 3.59. The molecule has 1 aliphatic rings. The normalized spacial score (nSPS) is 23.8. The van der Waals surface area contributed by atoms with Crippen LogP contribution < -0.4 is 5.32 Å². The number of rotatable bonds is 4. The molecule has 0 radical (unpaired) electrons. The molecule has 2 heterocycles. The van der Waals surface area contributed by atoms with Crippen molar-refractivity contribution in [1.82, 2.24) is 10.3 Å². The highest BCUT2D eigenvalue weighted by atomic mass is 32.1. The second kappa shape index (κ2) is 4.79. The fraction of sp³-hybridized carbons (Fsp3) is 0.727. The van der Waals surface area contributed by atoms with Crippen molar-refractivity contribution < 1.29 is 9.47 Å². The Labute approximate surface area is 100.0 Å². The summed E-state index contributed by atoms with van der Waals surface area (Å²) in [4.78, 5) is 5.47. The van der Waals surface area contributed by atoms with E-state index >= 15 is 0 Å². The smallest absolute Gasteiger partial charge is 0.163 e. The van der Waals surface area contributed by atoms with E-state index in [4.69, 9.17) is 9.47 Å². The number of aromatic nitrogens is 1. The second-order valence-corrected chi connectivity index (χ2v) is 5.75. The molecule has 1 aromatic heterocycles. The zero-order valence-corrected chi connectivity index (χ0v) is 10.8. The van der Waals surface area contributed by atoms with E-state index in [-0.39, 0.29) is 6.10 Å². The number of nitrogens with zero attached hydrogens (tertiary/aromatic N) is 1. The molecule has 1 aliphatic heterocycles. The average molecular weight is 242 g/mol. The van der Waals surface area contributed by atoms with Crippen molar-refractivity contribution in [2.45, 2.75) is 39.2 Å². The van der Waals surface area contributed by atoms with E-state index in [1.165, 1.54) is 4.88 Å². The van der Waals surface area contributed by atoms with Crippen LogP contribution in [0.5, 0.6) is 0 Å². The maximum Gasteiger partial charge on any atom is 0.163 e. The van der Waals surface area contributed by atoms with E-state index in [1.54, 1.807) is 11.3 Å². The molecule has 0 saturated carbocycles. The third kappa shape index (κ3) is 3.25. The van der Waals surface area contributed by atoms with Crippen LogP contribution >= 0.6 is 11.3 Å². The zero-order valence-electron chi connectivity index (χ0n) is 9.95. The Morgan fingerprint density at radius 2 is 2.44 bits per heavy atom. The molecule has 4 nitrogen and oxygen atoms in total. The van der Waals surface area contributed by atoms with Gasteiger partial charge in [-0.2, -0.15) is 0 Å². The highest BCUT2D eigenvalue weighted by Crippen LogP contribution is 2.21. The molecule has 5 heteroatoms. The lowest BCUT2D eigenvalue weighted by Crippen LogP contribution is -2.30. The van der Waals surface area contributed by atoms with E-state index in [9.17, 15) is 0 Å².